The fraction of sp³-hybridized carbons (Fsp3) is 0.633. The fourth-order valence-corrected chi connectivity index (χ4v) is 14.8. The van der Waals surface area contributed by atoms with Crippen molar-refractivity contribution in [3.8, 4) is 0 Å². The number of aromatic nitrogens is 1. The van der Waals surface area contributed by atoms with Crippen LogP contribution in [0.3, 0.4) is 0 Å². The molecule has 2 N–H and O–H groups in total. The van der Waals surface area contributed by atoms with Gasteiger partial charge in [0.2, 0.25) is 12.1 Å². The number of amides is 1. The molecular weight excluding hydrogens is 805 g/mol. The molecule has 1 aromatic heterocycles. The van der Waals surface area contributed by atoms with E-state index in [1.807, 2.05) is 19.9 Å². The lowest BCUT2D eigenvalue weighted by Crippen LogP contribution is -2.74. The third-order valence-electron chi connectivity index (χ3n) is 17.2. The van der Waals surface area contributed by atoms with E-state index >= 15 is 4.79 Å². The third-order valence-corrected chi connectivity index (χ3v) is 17.2. The number of carbonyl (C=O) groups is 4. The van der Waals surface area contributed by atoms with Crippen molar-refractivity contribution in [3.63, 3.8) is 0 Å². The monoisotopic (exact) mass is 866 g/mol. The molecule has 338 valence electrons. The number of aliphatic hydroxyl groups is 1. The molecule has 1 amide bonds. The minimum atomic E-state index is -1.87. The Morgan fingerprint density at radius 1 is 1.03 bits per heavy atom. The molecule has 63 heavy (non-hydrogen) atoms. The van der Waals surface area contributed by atoms with Crippen LogP contribution in [0.25, 0.3) is 10.9 Å². The Kier molecular flexibility index (Phi) is 9.69. The Bertz CT molecular complexity index is 2410. The zero-order chi connectivity index (χ0) is 44.6. The smallest absolute Gasteiger partial charge is 0.347 e. The number of aryl methyl sites for hydroxylation is 2. The van der Waals surface area contributed by atoms with E-state index < -0.39 is 69.2 Å². The predicted octanol–water partition coefficient (Wildman–Crippen LogP) is 4.40. The molecule has 0 radical (unpaired) electrons. The molecule has 1 aromatic carbocycles. The van der Waals surface area contributed by atoms with Crippen molar-refractivity contribution in [2.24, 2.45) is 22.7 Å². The van der Waals surface area contributed by atoms with E-state index in [2.05, 4.69) is 59.0 Å². The SMILES string of the molecule is CCc1cc2[nH]c3c(c2cc1C)CCN1C[C@H](C[C@@](O)(CC)C1)C[C@]3(C(=O)OC)C1C=C2C(=CC1OC)N(C=O)[C@@]13O[C@]1(C(=O)OC)[C@H](OC(C)=O)[C@]1(CC)C=CCN4CC[C@]23[C@@H]41. The summed E-state index contributed by atoms with van der Waals surface area (Å²) < 4.78 is 31.4. The van der Waals surface area contributed by atoms with Gasteiger partial charge < -0.3 is 33.8 Å². The van der Waals surface area contributed by atoms with Crippen LogP contribution < -0.4 is 0 Å². The van der Waals surface area contributed by atoms with Gasteiger partial charge in [0, 0.05) is 79.9 Å². The van der Waals surface area contributed by atoms with Gasteiger partial charge in [0.25, 0.3) is 5.60 Å². The second kappa shape index (κ2) is 14.3. The summed E-state index contributed by atoms with van der Waals surface area (Å²) in [5.41, 5.74) is -1.29. The Balaban J connectivity index is 1.27. The van der Waals surface area contributed by atoms with Crippen molar-refractivity contribution in [3.05, 3.63) is 70.1 Å². The summed E-state index contributed by atoms with van der Waals surface area (Å²) in [6.07, 6.45) is 11.0. The summed E-state index contributed by atoms with van der Waals surface area (Å²) in [6.45, 7) is 12.9. The van der Waals surface area contributed by atoms with Crippen LogP contribution in [0, 0.1) is 29.6 Å². The third kappa shape index (κ3) is 5.13. The molecule has 12 atom stereocenters. The first-order chi connectivity index (χ1) is 30.2. The number of piperidine rings is 1. The number of benzene rings is 1. The first-order valence-electron chi connectivity index (χ1n) is 23.0. The van der Waals surface area contributed by atoms with Gasteiger partial charge in [-0.1, -0.05) is 39.0 Å². The number of rotatable bonds is 9. The van der Waals surface area contributed by atoms with Crippen molar-refractivity contribution in [1.82, 2.24) is 19.7 Å². The molecular formula is C49H62N4O10. The number of H-pyrrole nitrogens is 1. The Labute approximate surface area is 368 Å². The lowest BCUT2D eigenvalue weighted by molar-refractivity contribution is -0.183. The molecule has 14 nitrogen and oxygen atoms in total. The summed E-state index contributed by atoms with van der Waals surface area (Å²) >= 11 is 0. The number of hydrogen-bond acceptors (Lipinski definition) is 12. The predicted molar refractivity (Wildman–Crippen MR) is 231 cm³/mol. The molecule has 5 fully saturated rings. The first-order valence-corrected chi connectivity index (χ1v) is 23.0. The van der Waals surface area contributed by atoms with Gasteiger partial charge in [-0.15, -0.1) is 0 Å². The van der Waals surface area contributed by atoms with E-state index in [1.54, 1.807) is 7.11 Å². The summed E-state index contributed by atoms with van der Waals surface area (Å²) in [4.78, 5) is 67.4. The molecule has 10 rings (SSSR count). The molecule has 2 bridgehead atoms. The fourth-order valence-electron chi connectivity index (χ4n) is 14.8. The van der Waals surface area contributed by atoms with Crippen LogP contribution in [-0.4, -0.2) is 138 Å². The maximum absolute atomic E-state index is 15.6. The van der Waals surface area contributed by atoms with Crippen molar-refractivity contribution < 1.29 is 48.0 Å². The normalized spacial score (nSPS) is 40.7. The van der Waals surface area contributed by atoms with E-state index in [1.165, 1.54) is 37.2 Å². The second-order valence-electron chi connectivity index (χ2n) is 19.7. The number of carbonyl (C=O) groups excluding carboxylic acids is 4. The van der Waals surface area contributed by atoms with Gasteiger partial charge in [-0.2, -0.15) is 0 Å². The van der Waals surface area contributed by atoms with E-state index in [0.717, 1.165) is 40.6 Å². The minimum Gasteiger partial charge on any atom is -0.468 e. The number of hydrogen-bond donors (Lipinski definition) is 2. The highest BCUT2D eigenvalue weighted by Gasteiger charge is 3.00. The number of methoxy groups -OCH3 is 3. The highest BCUT2D eigenvalue weighted by Crippen LogP contribution is 2.82. The number of nitrogens with one attached hydrogen (secondary N) is 1. The summed E-state index contributed by atoms with van der Waals surface area (Å²) in [7, 11) is 4.36. The quantitative estimate of drug-likeness (QED) is 0.120. The largest absolute Gasteiger partial charge is 0.468 e. The van der Waals surface area contributed by atoms with E-state index in [9.17, 15) is 19.5 Å². The maximum atomic E-state index is 15.6. The van der Waals surface area contributed by atoms with E-state index in [-0.39, 0.29) is 12.0 Å². The topological polar surface area (TPSA) is 163 Å². The zero-order valence-electron chi connectivity index (χ0n) is 37.9. The van der Waals surface area contributed by atoms with Crippen molar-refractivity contribution in [1.29, 1.82) is 0 Å². The van der Waals surface area contributed by atoms with Crippen LogP contribution in [-0.2, 0) is 61.1 Å². The van der Waals surface area contributed by atoms with E-state index in [4.69, 9.17) is 23.7 Å². The summed E-state index contributed by atoms with van der Waals surface area (Å²) in [6, 6.07) is 4.07. The van der Waals surface area contributed by atoms with Crippen molar-refractivity contribution in [2.75, 3.05) is 54.1 Å². The van der Waals surface area contributed by atoms with Crippen LogP contribution in [0.1, 0.15) is 82.2 Å². The standard InChI is InChI=1S/C49H62N4O10/c1-9-31-20-36-33(19-28(31)4)32-13-17-51-25-30(23-44(58,10-2)26-51)24-46(39(32)50-36,42(56)60-7)35-21-34-37(22-38(35)59-6)53(27-54)49-47(34)15-18-52-16-12-14-45(11-3,40(47)52)41(62-29(5)55)48(49,63-49)43(57)61-8/h12,14,19-22,27,30,35,38,40-41,50,58H,9-11,13,15-18,23-26H2,1-8H3/t30-,35?,38?,40+,41-,44+,45-,46+,47-,48+,49+/m1/s1. The Morgan fingerprint density at radius 3 is 2.48 bits per heavy atom. The van der Waals surface area contributed by atoms with Crippen LogP contribution in [0.4, 0.5) is 0 Å². The highest BCUT2D eigenvalue weighted by molar-refractivity contribution is 5.93. The van der Waals surface area contributed by atoms with Crippen molar-refractivity contribution >= 4 is 35.2 Å². The zero-order valence-corrected chi connectivity index (χ0v) is 37.9. The molecule has 4 saturated heterocycles. The van der Waals surface area contributed by atoms with Gasteiger partial charge in [0.05, 0.1) is 31.3 Å². The average molecular weight is 867 g/mol. The molecule has 3 unspecified atom stereocenters. The van der Waals surface area contributed by atoms with Crippen LogP contribution in [0.15, 0.2) is 47.7 Å². The van der Waals surface area contributed by atoms with Gasteiger partial charge in [0.15, 0.2) is 6.10 Å². The molecule has 1 saturated carbocycles. The Morgan fingerprint density at radius 2 is 1.81 bits per heavy atom. The molecule has 2 aromatic rings. The molecule has 8 aliphatic rings. The average Bonchev–Trinajstić information content (AvgIpc) is 3.50. The maximum Gasteiger partial charge on any atom is 0.347 e. The number of esters is 3. The van der Waals surface area contributed by atoms with Gasteiger partial charge in [-0.05, 0) is 105 Å². The van der Waals surface area contributed by atoms with Gasteiger partial charge in [-0.3, -0.25) is 29.1 Å². The second-order valence-corrected chi connectivity index (χ2v) is 19.7. The summed E-state index contributed by atoms with van der Waals surface area (Å²) in [5.74, 6) is -2.52. The molecule has 2 spiro atoms. The van der Waals surface area contributed by atoms with Gasteiger partial charge >= 0.3 is 17.9 Å². The first kappa shape index (κ1) is 42.6. The van der Waals surface area contributed by atoms with E-state index in [0.29, 0.717) is 76.9 Å². The lowest BCUT2D eigenvalue weighted by Gasteiger charge is -2.58. The number of fused-ring (bicyclic) bond motifs is 6. The molecule has 6 aliphatic heterocycles. The minimum absolute atomic E-state index is 0.106. The molecule has 14 heteroatoms. The summed E-state index contributed by atoms with van der Waals surface area (Å²) in [5, 5.41) is 13.2. The lowest BCUT2D eigenvalue weighted by atomic mass is 9.48. The van der Waals surface area contributed by atoms with Gasteiger partial charge in [0.1, 0.15) is 5.41 Å². The molecule has 2 aliphatic carbocycles. The van der Waals surface area contributed by atoms with Gasteiger partial charge in [-0.25, -0.2) is 4.79 Å². The van der Waals surface area contributed by atoms with Crippen LogP contribution in [0.2, 0.25) is 0 Å². The number of allylic oxidation sites excluding steroid dienone is 1. The number of aromatic amines is 1. The number of nitrogens with zero attached hydrogens (tertiary/aromatic N) is 3. The molecule has 7 heterocycles. The number of likely N-dealkylation sites (tertiary alicyclic amines) is 1. The van der Waals surface area contributed by atoms with Crippen molar-refractivity contribution in [2.45, 2.75) is 120 Å². The Hall–Kier alpha value is -4.34. The number of epoxide rings is 1. The number of ether oxygens (including phenoxy) is 5. The van der Waals surface area contributed by atoms with Crippen LogP contribution in [0.5, 0.6) is 0 Å². The highest BCUT2D eigenvalue weighted by atomic mass is 16.7. The van der Waals surface area contributed by atoms with Crippen LogP contribution >= 0.6 is 0 Å².